The fourth-order valence-corrected chi connectivity index (χ4v) is 3.34. The van der Waals surface area contributed by atoms with Crippen molar-refractivity contribution >= 4 is 17.8 Å². The van der Waals surface area contributed by atoms with Crippen LogP contribution in [0.4, 0.5) is 4.39 Å². The van der Waals surface area contributed by atoms with Crippen molar-refractivity contribution in [3.8, 4) is 0 Å². The van der Waals surface area contributed by atoms with E-state index in [9.17, 15) is 9.50 Å². The van der Waals surface area contributed by atoms with Crippen LogP contribution in [0, 0.1) is 5.82 Å². The summed E-state index contributed by atoms with van der Waals surface area (Å²) in [5.74, 6) is 1.88. The molecule has 0 aliphatic carbocycles. The van der Waals surface area contributed by atoms with E-state index in [2.05, 4.69) is 5.32 Å². The largest absolute Gasteiger partial charge is 0.389 e. The van der Waals surface area contributed by atoms with Gasteiger partial charge < -0.3 is 10.4 Å². The Morgan fingerprint density at radius 1 is 1.26 bits per heavy atom. The van der Waals surface area contributed by atoms with Crippen LogP contribution in [0.25, 0.3) is 6.08 Å². The third-order valence-corrected chi connectivity index (χ3v) is 4.31. The highest BCUT2D eigenvalue weighted by Gasteiger charge is 2.28. The summed E-state index contributed by atoms with van der Waals surface area (Å²) in [6.45, 7) is 1.36. The minimum absolute atomic E-state index is 0.215. The first-order valence-electron chi connectivity index (χ1n) is 6.61. The molecule has 0 unspecified atom stereocenters. The maximum atomic E-state index is 12.7. The van der Waals surface area contributed by atoms with Crippen LogP contribution >= 0.6 is 11.8 Å². The van der Waals surface area contributed by atoms with Crippen LogP contribution in [0.1, 0.15) is 18.4 Å². The molecule has 1 aliphatic rings. The quantitative estimate of drug-likeness (QED) is 0.814. The number of aliphatic hydroxyl groups is 1. The maximum absolute atomic E-state index is 12.7. The van der Waals surface area contributed by atoms with Crippen LogP contribution < -0.4 is 5.32 Å². The third kappa shape index (κ3) is 4.97. The molecule has 0 saturated carbocycles. The molecule has 104 valence electrons. The number of thioether (sulfide) groups is 1. The number of rotatable bonds is 5. The topological polar surface area (TPSA) is 32.3 Å². The molecule has 2 nitrogen and oxygen atoms in total. The molecule has 2 N–H and O–H groups in total. The van der Waals surface area contributed by atoms with Crippen LogP contribution in [-0.2, 0) is 0 Å². The van der Waals surface area contributed by atoms with Gasteiger partial charge in [-0.25, -0.2) is 4.39 Å². The van der Waals surface area contributed by atoms with Gasteiger partial charge in [0.1, 0.15) is 5.82 Å². The summed E-state index contributed by atoms with van der Waals surface area (Å²) in [6, 6.07) is 6.40. The first-order valence-corrected chi connectivity index (χ1v) is 7.76. The van der Waals surface area contributed by atoms with E-state index in [0.717, 1.165) is 29.9 Å². The van der Waals surface area contributed by atoms with Crippen molar-refractivity contribution in [3.05, 3.63) is 41.7 Å². The Kier molecular flexibility index (Phi) is 5.43. The third-order valence-electron chi connectivity index (χ3n) is 3.32. The van der Waals surface area contributed by atoms with Gasteiger partial charge in [0, 0.05) is 13.1 Å². The van der Waals surface area contributed by atoms with Crippen LogP contribution in [0.3, 0.4) is 0 Å². The second kappa shape index (κ2) is 7.08. The summed E-state index contributed by atoms with van der Waals surface area (Å²) < 4.78 is 12.7. The average Bonchev–Trinajstić information content (AvgIpc) is 2.41. The van der Waals surface area contributed by atoms with E-state index >= 15 is 0 Å². The fourth-order valence-electron chi connectivity index (χ4n) is 2.09. The summed E-state index contributed by atoms with van der Waals surface area (Å²) in [5.41, 5.74) is 0.450. The highest BCUT2D eigenvalue weighted by atomic mass is 32.2. The van der Waals surface area contributed by atoms with E-state index in [-0.39, 0.29) is 5.82 Å². The SMILES string of the molecule is OC1(CNC/C=C/c2ccc(F)cc2)CCSCC1. The van der Waals surface area contributed by atoms with Gasteiger partial charge in [-0.15, -0.1) is 0 Å². The van der Waals surface area contributed by atoms with Crippen LogP contribution in [0.15, 0.2) is 30.3 Å². The van der Waals surface area contributed by atoms with Gasteiger partial charge >= 0.3 is 0 Å². The highest BCUT2D eigenvalue weighted by Crippen LogP contribution is 2.26. The zero-order chi connectivity index (χ0) is 13.6. The van der Waals surface area contributed by atoms with Crippen LogP contribution in [0.2, 0.25) is 0 Å². The minimum Gasteiger partial charge on any atom is -0.389 e. The van der Waals surface area contributed by atoms with Crippen molar-refractivity contribution in [2.24, 2.45) is 0 Å². The molecule has 0 radical (unpaired) electrons. The highest BCUT2D eigenvalue weighted by molar-refractivity contribution is 7.99. The Morgan fingerprint density at radius 3 is 2.63 bits per heavy atom. The molecule has 1 aromatic carbocycles. The molecular weight excluding hydrogens is 261 g/mol. The van der Waals surface area contributed by atoms with E-state index in [1.165, 1.54) is 12.1 Å². The number of hydrogen-bond acceptors (Lipinski definition) is 3. The second-order valence-electron chi connectivity index (χ2n) is 4.92. The first kappa shape index (κ1) is 14.6. The molecule has 1 aliphatic heterocycles. The summed E-state index contributed by atoms with van der Waals surface area (Å²) in [7, 11) is 0. The molecule has 4 heteroatoms. The molecule has 0 atom stereocenters. The summed E-state index contributed by atoms with van der Waals surface area (Å²) in [4.78, 5) is 0. The summed E-state index contributed by atoms with van der Waals surface area (Å²) >= 11 is 1.91. The predicted molar refractivity (Wildman–Crippen MR) is 79.8 cm³/mol. The average molecular weight is 281 g/mol. The van der Waals surface area contributed by atoms with Crippen molar-refractivity contribution in [1.29, 1.82) is 0 Å². The molecule has 1 heterocycles. The van der Waals surface area contributed by atoms with Crippen molar-refractivity contribution in [1.82, 2.24) is 5.32 Å². The van der Waals surface area contributed by atoms with E-state index in [1.54, 1.807) is 12.1 Å². The van der Waals surface area contributed by atoms with Gasteiger partial charge in [-0.3, -0.25) is 0 Å². The summed E-state index contributed by atoms with van der Waals surface area (Å²) in [5, 5.41) is 13.5. The molecule has 19 heavy (non-hydrogen) atoms. The number of halogens is 1. The molecular formula is C15H20FNOS. The van der Waals surface area contributed by atoms with Gasteiger partial charge in [-0.05, 0) is 42.0 Å². The van der Waals surface area contributed by atoms with E-state index < -0.39 is 5.60 Å². The zero-order valence-corrected chi connectivity index (χ0v) is 11.8. The fraction of sp³-hybridized carbons (Fsp3) is 0.467. The van der Waals surface area contributed by atoms with Crippen molar-refractivity contribution in [2.75, 3.05) is 24.6 Å². The lowest BCUT2D eigenvalue weighted by molar-refractivity contribution is 0.0332. The lowest BCUT2D eigenvalue weighted by Crippen LogP contribution is -2.43. The molecule has 0 aromatic heterocycles. The molecule has 0 bridgehead atoms. The smallest absolute Gasteiger partial charge is 0.123 e. The lowest BCUT2D eigenvalue weighted by Gasteiger charge is -2.31. The standard InChI is InChI=1S/C15H20FNOS/c16-14-5-3-13(4-6-14)2-1-9-17-12-15(18)7-10-19-11-8-15/h1-6,17-18H,7-12H2/b2-1+. The van der Waals surface area contributed by atoms with E-state index in [1.807, 2.05) is 23.9 Å². The van der Waals surface area contributed by atoms with Gasteiger partial charge in [0.2, 0.25) is 0 Å². The lowest BCUT2D eigenvalue weighted by atomic mass is 9.97. The van der Waals surface area contributed by atoms with Gasteiger partial charge in [-0.2, -0.15) is 11.8 Å². The molecule has 1 fully saturated rings. The van der Waals surface area contributed by atoms with Gasteiger partial charge in [0.05, 0.1) is 5.60 Å². The first-order chi connectivity index (χ1) is 9.18. The van der Waals surface area contributed by atoms with Crippen molar-refractivity contribution in [2.45, 2.75) is 18.4 Å². The van der Waals surface area contributed by atoms with Gasteiger partial charge in [0.15, 0.2) is 0 Å². The number of benzene rings is 1. The normalized spacial score (nSPS) is 18.8. The van der Waals surface area contributed by atoms with Gasteiger partial charge in [0.25, 0.3) is 0 Å². The number of hydrogen-bond donors (Lipinski definition) is 2. The molecule has 1 aromatic rings. The Labute approximate surface area is 118 Å². The Hall–Kier alpha value is -0.840. The molecule has 0 amide bonds. The zero-order valence-electron chi connectivity index (χ0n) is 10.9. The van der Waals surface area contributed by atoms with Crippen LogP contribution in [-0.4, -0.2) is 35.3 Å². The molecule has 1 saturated heterocycles. The Bertz CT molecular complexity index is 413. The van der Waals surface area contributed by atoms with Gasteiger partial charge in [-0.1, -0.05) is 24.3 Å². The molecule has 2 rings (SSSR count). The van der Waals surface area contributed by atoms with Crippen LogP contribution in [0.5, 0.6) is 0 Å². The predicted octanol–water partition coefficient (Wildman–Crippen LogP) is 2.69. The second-order valence-corrected chi connectivity index (χ2v) is 6.15. The monoisotopic (exact) mass is 281 g/mol. The minimum atomic E-state index is -0.533. The Balaban J connectivity index is 1.70. The van der Waals surface area contributed by atoms with Crippen molar-refractivity contribution < 1.29 is 9.50 Å². The number of nitrogens with one attached hydrogen (secondary N) is 1. The Morgan fingerprint density at radius 2 is 1.95 bits per heavy atom. The maximum Gasteiger partial charge on any atom is 0.123 e. The van der Waals surface area contributed by atoms with E-state index in [0.29, 0.717) is 13.1 Å². The summed E-state index contributed by atoms with van der Waals surface area (Å²) in [6.07, 6.45) is 5.68. The van der Waals surface area contributed by atoms with E-state index in [4.69, 9.17) is 0 Å². The molecule has 0 spiro atoms. The van der Waals surface area contributed by atoms with Crippen molar-refractivity contribution in [3.63, 3.8) is 0 Å².